The molecule has 1 saturated heterocycles. The molecule has 3 heteroatoms. The average Bonchev–Trinajstić information content (AvgIpc) is 2.65. The molecule has 2 aliphatic rings. The molecule has 1 aromatic rings. The van der Waals surface area contributed by atoms with Crippen LogP contribution in [0.15, 0.2) is 24.3 Å². The zero-order valence-electron chi connectivity index (χ0n) is 10.6. The minimum absolute atomic E-state index is 0.195. The summed E-state index contributed by atoms with van der Waals surface area (Å²) in [7, 11) is 0. The largest absolute Gasteiger partial charge is 0.356 e. The Morgan fingerprint density at radius 3 is 2.50 bits per heavy atom. The lowest BCUT2D eigenvalue weighted by atomic mass is 10.1. The minimum atomic E-state index is 0.195. The highest BCUT2D eigenvalue weighted by Gasteiger charge is 2.25. The first-order valence-electron chi connectivity index (χ1n) is 6.91. The Morgan fingerprint density at radius 2 is 1.78 bits per heavy atom. The van der Waals surface area contributed by atoms with E-state index >= 15 is 0 Å². The van der Waals surface area contributed by atoms with Crippen molar-refractivity contribution in [1.29, 1.82) is 0 Å². The van der Waals surface area contributed by atoms with Gasteiger partial charge in [-0.05, 0) is 36.8 Å². The number of amides is 1. The monoisotopic (exact) mass is 244 g/mol. The molecule has 18 heavy (non-hydrogen) atoms. The third-order valence-corrected chi connectivity index (χ3v) is 4.01. The van der Waals surface area contributed by atoms with Gasteiger partial charge in [0.05, 0.1) is 0 Å². The van der Waals surface area contributed by atoms with E-state index in [1.54, 1.807) is 0 Å². The molecule has 1 heterocycles. The lowest BCUT2D eigenvalue weighted by Gasteiger charge is -2.20. The van der Waals surface area contributed by atoms with Gasteiger partial charge in [0.25, 0.3) is 0 Å². The molecule has 0 saturated carbocycles. The van der Waals surface area contributed by atoms with Crippen LogP contribution in [0.2, 0.25) is 0 Å². The molecule has 0 bridgehead atoms. The molecule has 1 aromatic carbocycles. The second-order valence-electron chi connectivity index (χ2n) is 5.43. The SMILES string of the molecule is O=C1CC(NC2Cc3ccccc3C2)CCCN1. The highest BCUT2D eigenvalue weighted by molar-refractivity contribution is 5.76. The van der Waals surface area contributed by atoms with Gasteiger partial charge in [0.15, 0.2) is 0 Å². The summed E-state index contributed by atoms with van der Waals surface area (Å²) in [5.41, 5.74) is 2.93. The predicted molar refractivity (Wildman–Crippen MR) is 71.4 cm³/mol. The second kappa shape index (κ2) is 5.11. The van der Waals surface area contributed by atoms with E-state index < -0.39 is 0 Å². The normalized spacial score (nSPS) is 24.4. The van der Waals surface area contributed by atoms with Crippen molar-refractivity contribution in [2.24, 2.45) is 0 Å². The van der Waals surface area contributed by atoms with Crippen molar-refractivity contribution in [2.45, 2.75) is 44.2 Å². The molecule has 0 spiro atoms. The maximum Gasteiger partial charge on any atom is 0.221 e. The lowest BCUT2D eigenvalue weighted by molar-refractivity contribution is -0.121. The predicted octanol–water partition coefficient (Wildman–Crippen LogP) is 1.41. The molecule has 1 aliphatic heterocycles. The number of hydrogen-bond acceptors (Lipinski definition) is 2. The van der Waals surface area contributed by atoms with Crippen LogP contribution in [0.3, 0.4) is 0 Å². The number of carbonyl (C=O) groups excluding carboxylic acids is 1. The summed E-state index contributed by atoms with van der Waals surface area (Å²) in [6.07, 6.45) is 5.03. The number of hydrogen-bond donors (Lipinski definition) is 2. The van der Waals surface area contributed by atoms with Crippen molar-refractivity contribution in [2.75, 3.05) is 6.54 Å². The summed E-state index contributed by atoms with van der Waals surface area (Å²) in [5.74, 6) is 0.195. The van der Waals surface area contributed by atoms with E-state index in [4.69, 9.17) is 0 Å². The van der Waals surface area contributed by atoms with Crippen molar-refractivity contribution < 1.29 is 4.79 Å². The van der Waals surface area contributed by atoms with Gasteiger partial charge >= 0.3 is 0 Å². The van der Waals surface area contributed by atoms with Crippen LogP contribution in [0.5, 0.6) is 0 Å². The number of benzene rings is 1. The maximum atomic E-state index is 11.5. The molecule has 0 radical (unpaired) electrons. The average molecular weight is 244 g/mol. The van der Waals surface area contributed by atoms with Crippen LogP contribution in [-0.2, 0) is 17.6 Å². The zero-order chi connectivity index (χ0) is 12.4. The van der Waals surface area contributed by atoms with Crippen molar-refractivity contribution in [1.82, 2.24) is 10.6 Å². The fourth-order valence-corrected chi connectivity index (χ4v) is 3.13. The fraction of sp³-hybridized carbons (Fsp3) is 0.533. The second-order valence-corrected chi connectivity index (χ2v) is 5.43. The van der Waals surface area contributed by atoms with Gasteiger partial charge in [-0.15, -0.1) is 0 Å². The lowest BCUT2D eigenvalue weighted by Crippen LogP contribution is -2.40. The van der Waals surface area contributed by atoms with Gasteiger partial charge in [-0.25, -0.2) is 0 Å². The van der Waals surface area contributed by atoms with Crippen molar-refractivity contribution >= 4 is 5.91 Å². The maximum absolute atomic E-state index is 11.5. The van der Waals surface area contributed by atoms with E-state index in [1.807, 2.05) is 0 Å². The highest BCUT2D eigenvalue weighted by Crippen LogP contribution is 2.22. The third-order valence-electron chi connectivity index (χ3n) is 4.01. The van der Waals surface area contributed by atoms with E-state index in [1.165, 1.54) is 11.1 Å². The van der Waals surface area contributed by atoms with Crippen LogP contribution in [0.1, 0.15) is 30.4 Å². The van der Waals surface area contributed by atoms with E-state index in [2.05, 4.69) is 34.9 Å². The molecule has 1 atom stereocenters. The van der Waals surface area contributed by atoms with E-state index in [0.717, 1.165) is 32.2 Å². The first-order chi connectivity index (χ1) is 8.81. The summed E-state index contributed by atoms with van der Waals surface area (Å²) in [5, 5.41) is 6.61. The fourth-order valence-electron chi connectivity index (χ4n) is 3.13. The Bertz CT molecular complexity index is 419. The Labute approximate surface area is 108 Å². The van der Waals surface area contributed by atoms with Crippen LogP contribution in [0.4, 0.5) is 0 Å². The highest BCUT2D eigenvalue weighted by atomic mass is 16.1. The number of carbonyl (C=O) groups is 1. The van der Waals surface area contributed by atoms with Crippen LogP contribution in [-0.4, -0.2) is 24.5 Å². The van der Waals surface area contributed by atoms with Crippen molar-refractivity contribution in [3.8, 4) is 0 Å². The van der Waals surface area contributed by atoms with E-state index in [9.17, 15) is 4.79 Å². The summed E-state index contributed by atoms with van der Waals surface area (Å²) >= 11 is 0. The number of fused-ring (bicyclic) bond motifs is 1. The summed E-state index contributed by atoms with van der Waals surface area (Å²) in [4.78, 5) is 11.5. The molecule has 0 aromatic heterocycles. The van der Waals surface area contributed by atoms with Gasteiger partial charge in [0.2, 0.25) is 5.91 Å². The topological polar surface area (TPSA) is 41.1 Å². The van der Waals surface area contributed by atoms with Gasteiger partial charge in [-0.3, -0.25) is 4.79 Å². The first-order valence-corrected chi connectivity index (χ1v) is 6.91. The molecular formula is C15H20N2O. The number of nitrogens with one attached hydrogen (secondary N) is 2. The summed E-state index contributed by atoms with van der Waals surface area (Å²) in [6, 6.07) is 9.53. The van der Waals surface area contributed by atoms with Gasteiger partial charge in [-0.2, -0.15) is 0 Å². The van der Waals surface area contributed by atoms with Gasteiger partial charge < -0.3 is 10.6 Å². The Balaban J connectivity index is 1.60. The molecule has 2 N–H and O–H groups in total. The smallest absolute Gasteiger partial charge is 0.221 e. The van der Waals surface area contributed by atoms with E-state index in [0.29, 0.717) is 18.5 Å². The first kappa shape index (κ1) is 11.7. The van der Waals surface area contributed by atoms with Crippen LogP contribution in [0, 0.1) is 0 Å². The number of rotatable bonds is 2. The molecule has 3 nitrogen and oxygen atoms in total. The minimum Gasteiger partial charge on any atom is -0.356 e. The molecule has 1 unspecified atom stereocenters. The van der Waals surface area contributed by atoms with Gasteiger partial charge in [0, 0.05) is 25.0 Å². The Kier molecular flexibility index (Phi) is 3.33. The van der Waals surface area contributed by atoms with Gasteiger partial charge in [-0.1, -0.05) is 24.3 Å². The van der Waals surface area contributed by atoms with Crippen LogP contribution in [0.25, 0.3) is 0 Å². The van der Waals surface area contributed by atoms with Gasteiger partial charge in [0.1, 0.15) is 0 Å². The quantitative estimate of drug-likeness (QED) is 0.826. The van der Waals surface area contributed by atoms with E-state index in [-0.39, 0.29) is 5.91 Å². The Morgan fingerprint density at radius 1 is 1.06 bits per heavy atom. The molecule has 1 amide bonds. The van der Waals surface area contributed by atoms with Crippen molar-refractivity contribution in [3.63, 3.8) is 0 Å². The summed E-state index contributed by atoms with van der Waals surface area (Å²) in [6.45, 7) is 0.835. The molecule has 3 rings (SSSR count). The summed E-state index contributed by atoms with van der Waals surface area (Å²) < 4.78 is 0. The zero-order valence-corrected chi connectivity index (χ0v) is 10.6. The third kappa shape index (κ3) is 2.56. The molecule has 96 valence electrons. The van der Waals surface area contributed by atoms with Crippen molar-refractivity contribution in [3.05, 3.63) is 35.4 Å². The Hall–Kier alpha value is -1.35. The molecular weight excluding hydrogens is 224 g/mol. The van der Waals surface area contributed by atoms with Crippen LogP contribution >= 0.6 is 0 Å². The molecule has 1 aliphatic carbocycles. The standard InChI is InChI=1S/C15H20N2O/c18-15-10-13(6-3-7-16-15)17-14-8-11-4-1-2-5-12(11)9-14/h1-2,4-5,13-14,17H,3,6-10H2,(H,16,18). The van der Waals surface area contributed by atoms with Crippen LogP contribution < -0.4 is 10.6 Å². The molecule has 1 fully saturated rings.